The first-order chi connectivity index (χ1) is 9.13. The topological polar surface area (TPSA) is 4.93 Å². The maximum Gasteiger partial charge on any atom is 0.159 e. The van der Waals surface area contributed by atoms with E-state index in [1.807, 2.05) is 35.0 Å². The smallest absolute Gasteiger partial charge is 0.159 e. The summed E-state index contributed by atoms with van der Waals surface area (Å²) in [6.07, 6.45) is 1.91. The molecule has 0 N–H and O–H groups in total. The van der Waals surface area contributed by atoms with Gasteiger partial charge < -0.3 is 4.57 Å². The minimum absolute atomic E-state index is 0.473. The molecule has 19 heavy (non-hydrogen) atoms. The lowest BCUT2D eigenvalue weighted by Crippen LogP contribution is -1.99. The van der Waals surface area contributed by atoms with E-state index in [2.05, 4.69) is 0 Å². The third-order valence-corrected chi connectivity index (χ3v) is 3.31. The number of halogens is 3. The van der Waals surface area contributed by atoms with E-state index in [0.717, 1.165) is 17.0 Å². The Morgan fingerprint density at radius 3 is 2.58 bits per heavy atom. The van der Waals surface area contributed by atoms with Gasteiger partial charge in [-0.3, -0.25) is 0 Å². The molecular weight excluding hydrogens is 268 g/mol. The molecule has 3 rings (SSSR count). The molecule has 3 aromatic rings. The van der Waals surface area contributed by atoms with Gasteiger partial charge in [0.1, 0.15) is 0 Å². The second-order valence-electron chi connectivity index (χ2n) is 4.40. The van der Waals surface area contributed by atoms with Crippen LogP contribution in [0.1, 0.15) is 5.56 Å². The first kappa shape index (κ1) is 12.2. The van der Waals surface area contributed by atoms with Crippen LogP contribution in [0.2, 0.25) is 5.02 Å². The number of benzene rings is 2. The second kappa shape index (κ2) is 4.67. The predicted molar refractivity (Wildman–Crippen MR) is 72.4 cm³/mol. The summed E-state index contributed by atoms with van der Waals surface area (Å²) in [6.45, 7) is 0.473. The van der Waals surface area contributed by atoms with E-state index in [-0.39, 0.29) is 0 Å². The van der Waals surface area contributed by atoms with E-state index in [1.165, 1.54) is 6.07 Å². The highest BCUT2D eigenvalue weighted by Crippen LogP contribution is 2.21. The van der Waals surface area contributed by atoms with Crippen LogP contribution < -0.4 is 0 Å². The fraction of sp³-hybridized carbons (Fsp3) is 0.0667. The standard InChI is InChI=1S/C15H10ClF2N/c16-12-3-2-11-5-6-19(15(11)8-12)9-10-1-4-13(17)14(18)7-10/h1-8H,9H2. The van der Waals surface area contributed by atoms with Crippen LogP contribution in [0.3, 0.4) is 0 Å². The molecule has 0 saturated heterocycles. The molecule has 1 aromatic heterocycles. The van der Waals surface area contributed by atoms with Gasteiger partial charge in [-0.1, -0.05) is 23.7 Å². The molecule has 0 aliphatic carbocycles. The van der Waals surface area contributed by atoms with Gasteiger partial charge in [-0.05, 0) is 41.3 Å². The van der Waals surface area contributed by atoms with Crippen LogP contribution in [0, 0.1) is 11.6 Å². The zero-order valence-corrected chi connectivity index (χ0v) is 10.7. The maximum absolute atomic E-state index is 13.2. The van der Waals surface area contributed by atoms with Crippen molar-refractivity contribution in [2.45, 2.75) is 6.54 Å². The monoisotopic (exact) mass is 277 g/mol. The number of nitrogens with zero attached hydrogens (tertiary/aromatic N) is 1. The van der Waals surface area contributed by atoms with Crippen LogP contribution in [-0.2, 0) is 6.54 Å². The zero-order valence-electron chi connectivity index (χ0n) is 9.91. The molecule has 1 nitrogen and oxygen atoms in total. The van der Waals surface area contributed by atoms with Crippen LogP contribution in [-0.4, -0.2) is 4.57 Å². The van der Waals surface area contributed by atoms with Crippen LogP contribution in [0.5, 0.6) is 0 Å². The van der Waals surface area contributed by atoms with Crippen molar-refractivity contribution in [1.29, 1.82) is 0 Å². The fourth-order valence-corrected chi connectivity index (χ4v) is 2.30. The molecule has 0 radical (unpaired) electrons. The molecule has 0 saturated carbocycles. The Kier molecular flexibility index (Phi) is 2.99. The van der Waals surface area contributed by atoms with E-state index < -0.39 is 11.6 Å². The summed E-state index contributed by atoms with van der Waals surface area (Å²) < 4.78 is 28.0. The summed E-state index contributed by atoms with van der Waals surface area (Å²) in [5.41, 5.74) is 1.67. The van der Waals surface area contributed by atoms with Gasteiger partial charge >= 0.3 is 0 Å². The molecule has 2 aromatic carbocycles. The van der Waals surface area contributed by atoms with Gasteiger partial charge in [-0.2, -0.15) is 0 Å². The van der Waals surface area contributed by atoms with Gasteiger partial charge in [-0.25, -0.2) is 8.78 Å². The average Bonchev–Trinajstić information content (AvgIpc) is 2.77. The minimum atomic E-state index is -0.829. The summed E-state index contributed by atoms with van der Waals surface area (Å²) in [7, 11) is 0. The number of hydrogen-bond donors (Lipinski definition) is 0. The molecule has 96 valence electrons. The molecule has 4 heteroatoms. The number of fused-ring (bicyclic) bond motifs is 1. The Hall–Kier alpha value is -1.87. The molecule has 0 atom stereocenters. The normalized spacial score (nSPS) is 11.1. The molecule has 0 aliphatic heterocycles. The van der Waals surface area contributed by atoms with Gasteiger partial charge in [0.25, 0.3) is 0 Å². The molecule has 0 amide bonds. The fourth-order valence-electron chi connectivity index (χ4n) is 2.13. The Balaban J connectivity index is 2.00. The van der Waals surface area contributed by atoms with Crippen molar-refractivity contribution in [2.24, 2.45) is 0 Å². The lowest BCUT2D eigenvalue weighted by Gasteiger charge is -2.06. The van der Waals surface area contributed by atoms with Crippen molar-refractivity contribution >= 4 is 22.5 Å². The molecule has 1 heterocycles. The van der Waals surface area contributed by atoms with Gasteiger partial charge in [0.15, 0.2) is 11.6 Å². The van der Waals surface area contributed by atoms with Crippen LogP contribution in [0.4, 0.5) is 8.78 Å². The summed E-state index contributed by atoms with van der Waals surface area (Å²) in [6, 6.07) is 11.5. The first-order valence-electron chi connectivity index (χ1n) is 5.82. The first-order valence-corrected chi connectivity index (χ1v) is 6.19. The highest BCUT2D eigenvalue weighted by atomic mass is 35.5. The molecular formula is C15H10ClF2N. The van der Waals surface area contributed by atoms with Crippen LogP contribution >= 0.6 is 11.6 Å². The minimum Gasteiger partial charge on any atom is -0.343 e. The van der Waals surface area contributed by atoms with Gasteiger partial charge in [0.2, 0.25) is 0 Å². The van der Waals surface area contributed by atoms with Crippen molar-refractivity contribution in [3.05, 3.63) is 70.9 Å². The highest BCUT2D eigenvalue weighted by Gasteiger charge is 2.05. The summed E-state index contributed by atoms with van der Waals surface area (Å²) in [4.78, 5) is 0. The van der Waals surface area contributed by atoms with E-state index in [4.69, 9.17) is 11.6 Å². The maximum atomic E-state index is 13.2. The Morgan fingerprint density at radius 2 is 1.79 bits per heavy atom. The summed E-state index contributed by atoms with van der Waals surface area (Å²) >= 11 is 5.97. The van der Waals surface area contributed by atoms with Crippen molar-refractivity contribution in [3.8, 4) is 0 Å². The van der Waals surface area contributed by atoms with Crippen LogP contribution in [0.15, 0.2) is 48.7 Å². The third-order valence-electron chi connectivity index (χ3n) is 3.07. The third kappa shape index (κ3) is 2.34. The van der Waals surface area contributed by atoms with Crippen molar-refractivity contribution in [3.63, 3.8) is 0 Å². The van der Waals surface area contributed by atoms with Gasteiger partial charge in [-0.15, -0.1) is 0 Å². The van der Waals surface area contributed by atoms with E-state index in [9.17, 15) is 8.78 Å². The molecule has 0 unspecified atom stereocenters. The predicted octanol–water partition coefficient (Wildman–Crippen LogP) is 4.62. The quantitative estimate of drug-likeness (QED) is 0.644. The van der Waals surface area contributed by atoms with E-state index >= 15 is 0 Å². The highest BCUT2D eigenvalue weighted by molar-refractivity contribution is 6.31. The largest absolute Gasteiger partial charge is 0.343 e. The van der Waals surface area contributed by atoms with Gasteiger partial charge in [0.05, 0.1) is 0 Å². The molecule has 0 bridgehead atoms. The summed E-state index contributed by atoms with van der Waals surface area (Å²) in [5, 5.41) is 1.71. The molecule has 0 aliphatic rings. The van der Waals surface area contributed by atoms with Gasteiger partial charge in [0, 0.05) is 23.3 Å². The average molecular weight is 278 g/mol. The van der Waals surface area contributed by atoms with Crippen molar-refractivity contribution < 1.29 is 8.78 Å². The van der Waals surface area contributed by atoms with E-state index in [0.29, 0.717) is 17.1 Å². The second-order valence-corrected chi connectivity index (χ2v) is 4.83. The van der Waals surface area contributed by atoms with Crippen LogP contribution in [0.25, 0.3) is 10.9 Å². The lowest BCUT2D eigenvalue weighted by atomic mass is 10.2. The SMILES string of the molecule is Fc1ccc(Cn2ccc3ccc(Cl)cc32)cc1F. The zero-order chi connectivity index (χ0) is 13.4. The Bertz CT molecular complexity index is 749. The molecule has 0 spiro atoms. The van der Waals surface area contributed by atoms with Crippen molar-refractivity contribution in [1.82, 2.24) is 4.57 Å². The number of aromatic nitrogens is 1. The molecule has 0 fully saturated rings. The Labute approximate surface area is 114 Å². The lowest BCUT2D eigenvalue weighted by molar-refractivity contribution is 0.506. The van der Waals surface area contributed by atoms with E-state index in [1.54, 1.807) is 6.07 Å². The summed E-state index contributed by atoms with van der Waals surface area (Å²) in [5.74, 6) is -1.66. The number of rotatable bonds is 2. The number of hydrogen-bond acceptors (Lipinski definition) is 0. The van der Waals surface area contributed by atoms with Crippen molar-refractivity contribution in [2.75, 3.05) is 0 Å². The Morgan fingerprint density at radius 1 is 0.947 bits per heavy atom.